The molecule has 0 radical (unpaired) electrons. The second-order valence-electron chi connectivity index (χ2n) is 5.41. The van der Waals surface area contributed by atoms with Crippen molar-refractivity contribution >= 4 is 6.98 Å². The van der Waals surface area contributed by atoms with Gasteiger partial charge in [0.15, 0.2) is 0 Å². The fourth-order valence-corrected chi connectivity index (χ4v) is 1.67. The van der Waals surface area contributed by atoms with Crippen molar-refractivity contribution in [2.75, 3.05) is 0 Å². The number of allylic oxidation sites excluding steroid dienone is 6. The van der Waals surface area contributed by atoms with Crippen molar-refractivity contribution in [2.24, 2.45) is 0 Å². The van der Waals surface area contributed by atoms with E-state index in [4.69, 9.17) is 0 Å². The maximum Gasteiger partial charge on any atom is 1.00 e. The van der Waals surface area contributed by atoms with Crippen molar-refractivity contribution < 1.29 is 64.3 Å². The molecule has 0 aliphatic heterocycles. The van der Waals surface area contributed by atoms with Crippen molar-refractivity contribution in [3.05, 3.63) is 34.9 Å². The molecule has 0 bridgehead atoms. The van der Waals surface area contributed by atoms with Gasteiger partial charge in [0.05, 0.1) is 0 Å². The van der Waals surface area contributed by atoms with Gasteiger partial charge in [-0.3, -0.25) is 0 Å². The Labute approximate surface area is 164 Å². The van der Waals surface area contributed by atoms with E-state index in [1.165, 1.54) is 17.2 Å². The molecular formula is C15H25BF3K. The number of halogens is 3. The van der Waals surface area contributed by atoms with E-state index in [9.17, 15) is 12.9 Å². The first kappa shape index (κ1) is 23.0. The monoisotopic (exact) mass is 312 g/mol. The molecule has 0 rings (SSSR count). The Morgan fingerprint density at radius 3 is 1.70 bits per heavy atom. The Kier molecular flexibility index (Phi) is 14.1. The molecule has 0 fully saturated rings. The van der Waals surface area contributed by atoms with Crippen molar-refractivity contribution in [1.82, 2.24) is 0 Å². The molecule has 110 valence electrons. The van der Waals surface area contributed by atoms with Gasteiger partial charge < -0.3 is 12.9 Å². The topological polar surface area (TPSA) is 0 Å². The van der Waals surface area contributed by atoms with Crippen LogP contribution in [0.15, 0.2) is 34.9 Å². The molecule has 20 heavy (non-hydrogen) atoms. The van der Waals surface area contributed by atoms with Gasteiger partial charge in [-0.05, 0) is 53.4 Å². The van der Waals surface area contributed by atoms with E-state index in [2.05, 4.69) is 32.9 Å². The Balaban J connectivity index is 0. The molecule has 0 saturated carbocycles. The third-order valence-electron chi connectivity index (χ3n) is 2.86. The molecule has 0 atom stereocenters. The molecule has 0 aliphatic rings. The molecule has 0 aliphatic carbocycles. The summed E-state index contributed by atoms with van der Waals surface area (Å²) < 4.78 is 36.2. The molecular weight excluding hydrogens is 287 g/mol. The first-order chi connectivity index (χ1) is 8.70. The molecule has 0 aromatic rings. The Hall–Kier alpha value is 0.711. The molecule has 0 N–H and O–H groups in total. The van der Waals surface area contributed by atoms with Gasteiger partial charge in [0.1, 0.15) is 0 Å². The third-order valence-corrected chi connectivity index (χ3v) is 2.86. The summed E-state index contributed by atoms with van der Waals surface area (Å²) in [5.74, 6) is 0. The smallest absolute Gasteiger partial charge is 0.449 e. The van der Waals surface area contributed by atoms with E-state index in [0.717, 1.165) is 24.8 Å². The van der Waals surface area contributed by atoms with E-state index in [-0.39, 0.29) is 51.4 Å². The average Bonchev–Trinajstić information content (AvgIpc) is 2.25. The van der Waals surface area contributed by atoms with Crippen molar-refractivity contribution in [1.29, 1.82) is 0 Å². The number of rotatable bonds is 8. The Morgan fingerprint density at radius 2 is 1.25 bits per heavy atom. The van der Waals surface area contributed by atoms with Gasteiger partial charge in [0.2, 0.25) is 0 Å². The summed E-state index contributed by atoms with van der Waals surface area (Å²) in [6, 6.07) is 0. The van der Waals surface area contributed by atoms with Crippen LogP contribution in [0.25, 0.3) is 0 Å². The second-order valence-corrected chi connectivity index (χ2v) is 5.41. The SMILES string of the molecule is CC(C)=CCC/C(C)=C/CC/C(C)=C/C[B-](F)(F)F.[K+]. The van der Waals surface area contributed by atoms with Crippen LogP contribution in [0.3, 0.4) is 0 Å². The third kappa shape index (κ3) is 16.8. The minimum Gasteiger partial charge on any atom is -0.449 e. The van der Waals surface area contributed by atoms with Crippen molar-refractivity contribution in [2.45, 2.75) is 59.7 Å². The van der Waals surface area contributed by atoms with Gasteiger partial charge in [0, 0.05) is 0 Å². The van der Waals surface area contributed by atoms with Crippen molar-refractivity contribution in [3.8, 4) is 0 Å². The predicted octanol–water partition coefficient (Wildman–Crippen LogP) is 3.26. The van der Waals surface area contributed by atoms with Crippen LogP contribution in [0.2, 0.25) is 6.32 Å². The van der Waals surface area contributed by atoms with Crippen LogP contribution in [-0.2, 0) is 0 Å². The van der Waals surface area contributed by atoms with Crippen LogP contribution in [0.1, 0.15) is 53.4 Å². The molecule has 0 aromatic heterocycles. The average molecular weight is 312 g/mol. The Bertz CT molecular complexity index is 351. The van der Waals surface area contributed by atoms with E-state index >= 15 is 0 Å². The van der Waals surface area contributed by atoms with Crippen LogP contribution in [0.5, 0.6) is 0 Å². The van der Waals surface area contributed by atoms with E-state index in [0.29, 0.717) is 6.42 Å². The minimum absolute atomic E-state index is 0. The maximum atomic E-state index is 12.1. The van der Waals surface area contributed by atoms with Gasteiger partial charge in [-0.15, -0.1) is 6.08 Å². The molecule has 0 aromatic carbocycles. The van der Waals surface area contributed by atoms with Crippen molar-refractivity contribution in [3.63, 3.8) is 0 Å². The summed E-state index contributed by atoms with van der Waals surface area (Å²) in [6.45, 7) is 3.33. The van der Waals surface area contributed by atoms with Crippen LogP contribution < -0.4 is 51.4 Å². The molecule has 0 heterocycles. The van der Waals surface area contributed by atoms with Gasteiger partial charge in [-0.25, -0.2) is 0 Å². The zero-order valence-electron chi connectivity index (χ0n) is 13.5. The van der Waals surface area contributed by atoms with E-state index in [1.807, 2.05) is 0 Å². The molecule has 0 amide bonds. The zero-order chi connectivity index (χ0) is 14.9. The van der Waals surface area contributed by atoms with Crippen LogP contribution in [0.4, 0.5) is 12.9 Å². The van der Waals surface area contributed by atoms with E-state index in [1.54, 1.807) is 6.92 Å². The quantitative estimate of drug-likeness (QED) is 0.477. The molecule has 0 nitrogen and oxygen atoms in total. The maximum absolute atomic E-state index is 12.1. The van der Waals surface area contributed by atoms with Gasteiger partial charge in [-0.2, -0.15) is 0 Å². The number of hydrogen-bond donors (Lipinski definition) is 0. The molecule has 0 unspecified atom stereocenters. The van der Waals surface area contributed by atoms with Crippen LogP contribution >= 0.6 is 0 Å². The first-order valence-corrected chi connectivity index (χ1v) is 6.86. The first-order valence-electron chi connectivity index (χ1n) is 6.86. The Morgan fingerprint density at radius 1 is 0.800 bits per heavy atom. The molecule has 0 spiro atoms. The van der Waals surface area contributed by atoms with E-state index < -0.39 is 13.3 Å². The standard InChI is InChI=1S/C15H25BF3.K/c1-13(2)7-5-8-14(3)9-6-10-15(4)11-12-16(17,18)19;/h7,9,11H,5-6,8,10,12H2,1-4H3;/q-1;+1/b14-9+,15-11+;. The normalized spacial score (nSPS) is 12.9. The van der Waals surface area contributed by atoms with Crippen LogP contribution in [-0.4, -0.2) is 6.98 Å². The van der Waals surface area contributed by atoms with Gasteiger partial charge in [0.25, 0.3) is 0 Å². The summed E-state index contributed by atoms with van der Waals surface area (Å²) in [5.41, 5.74) is 3.46. The zero-order valence-corrected chi connectivity index (χ0v) is 16.6. The second kappa shape index (κ2) is 12.3. The fraction of sp³-hybridized carbons (Fsp3) is 0.600. The summed E-state index contributed by atoms with van der Waals surface area (Å²) >= 11 is 0. The largest absolute Gasteiger partial charge is 1.00 e. The number of hydrogen-bond acceptors (Lipinski definition) is 0. The summed E-state index contributed by atoms with van der Waals surface area (Å²) in [4.78, 5) is 0. The summed E-state index contributed by atoms with van der Waals surface area (Å²) in [5, 5.41) is 0. The predicted molar refractivity (Wildman–Crippen MR) is 79.3 cm³/mol. The van der Waals surface area contributed by atoms with Gasteiger partial charge in [-0.1, -0.05) is 35.2 Å². The molecule has 5 heteroatoms. The summed E-state index contributed by atoms with van der Waals surface area (Å²) in [6.07, 6.45) is 8.50. The van der Waals surface area contributed by atoms with Gasteiger partial charge >= 0.3 is 58.4 Å². The summed E-state index contributed by atoms with van der Waals surface area (Å²) in [7, 11) is 0. The van der Waals surface area contributed by atoms with Crippen LogP contribution in [0, 0.1) is 0 Å². The minimum atomic E-state index is -4.68. The fourth-order valence-electron chi connectivity index (χ4n) is 1.67. The molecule has 0 saturated heterocycles.